The van der Waals surface area contributed by atoms with E-state index >= 15 is 0 Å². The van der Waals surface area contributed by atoms with Gasteiger partial charge in [0, 0.05) is 0 Å². The SMILES string of the molecule is O=C(O)c1ccccc1OCCCC(C(=O)O)(C(=O)O)C(=O)O. The second-order valence-electron chi connectivity index (χ2n) is 4.57. The molecule has 0 saturated heterocycles. The van der Waals surface area contributed by atoms with E-state index in [0.717, 1.165) is 0 Å². The highest BCUT2D eigenvalue weighted by Crippen LogP contribution is 2.26. The molecule has 124 valence electrons. The van der Waals surface area contributed by atoms with Crippen LogP contribution >= 0.6 is 0 Å². The lowest BCUT2D eigenvalue weighted by molar-refractivity contribution is -0.176. The van der Waals surface area contributed by atoms with Crippen LogP contribution in [-0.4, -0.2) is 50.9 Å². The highest BCUT2D eigenvalue weighted by Gasteiger charge is 2.53. The maximum absolute atomic E-state index is 11.0. The topological polar surface area (TPSA) is 158 Å². The smallest absolute Gasteiger partial charge is 0.339 e. The lowest BCUT2D eigenvalue weighted by atomic mass is 9.83. The fourth-order valence-corrected chi connectivity index (χ4v) is 1.88. The maximum atomic E-state index is 11.0. The van der Waals surface area contributed by atoms with Crippen LogP contribution in [0, 0.1) is 5.41 Å². The first-order valence-corrected chi connectivity index (χ1v) is 6.38. The summed E-state index contributed by atoms with van der Waals surface area (Å²) in [5.41, 5.74) is -3.08. The molecule has 0 fully saturated rings. The summed E-state index contributed by atoms with van der Waals surface area (Å²) in [6.07, 6.45) is -0.916. The molecule has 0 aliphatic heterocycles. The van der Waals surface area contributed by atoms with Crippen molar-refractivity contribution in [1.29, 1.82) is 0 Å². The van der Waals surface area contributed by atoms with Crippen molar-refractivity contribution in [3.63, 3.8) is 0 Å². The van der Waals surface area contributed by atoms with Gasteiger partial charge in [0.25, 0.3) is 5.41 Å². The number of rotatable bonds is 9. The molecule has 0 aliphatic carbocycles. The Labute approximate surface area is 129 Å². The zero-order chi connectivity index (χ0) is 17.6. The molecule has 9 nitrogen and oxygen atoms in total. The number of benzene rings is 1. The van der Waals surface area contributed by atoms with Crippen molar-refractivity contribution in [1.82, 2.24) is 0 Å². The molecule has 9 heteroatoms. The van der Waals surface area contributed by atoms with E-state index in [0.29, 0.717) is 0 Å². The summed E-state index contributed by atoms with van der Waals surface area (Å²) in [5, 5.41) is 35.7. The molecule has 0 aliphatic rings. The number of ether oxygens (including phenoxy) is 1. The minimum Gasteiger partial charge on any atom is -0.493 e. The summed E-state index contributed by atoms with van der Waals surface area (Å²) in [6, 6.07) is 5.69. The Morgan fingerprint density at radius 2 is 1.43 bits per heavy atom. The Bertz CT molecular complexity index is 599. The molecule has 0 spiro atoms. The monoisotopic (exact) mass is 326 g/mol. The van der Waals surface area contributed by atoms with Crippen molar-refractivity contribution in [2.75, 3.05) is 6.61 Å². The van der Waals surface area contributed by atoms with Crippen LogP contribution in [-0.2, 0) is 14.4 Å². The normalized spacial score (nSPS) is 10.8. The van der Waals surface area contributed by atoms with Crippen LogP contribution in [0.5, 0.6) is 5.75 Å². The molecule has 0 heterocycles. The minimum absolute atomic E-state index is 0.0200. The summed E-state index contributed by atoms with van der Waals surface area (Å²) in [4.78, 5) is 44.1. The van der Waals surface area contributed by atoms with Crippen molar-refractivity contribution < 1.29 is 44.3 Å². The minimum atomic E-state index is -2.96. The Morgan fingerprint density at radius 3 is 1.91 bits per heavy atom. The van der Waals surface area contributed by atoms with Gasteiger partial charge in [0.15, 0.2) is 0 Å². The molecule has 0 atom stereocenters. The van der Waals surface area contributed by atoms with Gasteiger partial charge >= 0.3 is 23.9 Å². The second kappa shape index (κ2) is 7.25. The Morgan fingerprint density at radius 1 is 0.913 bits per heavy atom. The first-order valence-electron chi connectivity index (χ1n) is 6.38. The molecule has 0 aromatic heterocycles. The number of carboxylic acid groups (broad SMARTS) is 4. The molecule has 0 saturated carbocycles. The third kappa shape index (κ3) is 3.76. The number of para-hydroxylation sites is 1. The van der Waals surface area contributed by atoms with E-state index in [1.165, 1.54) is 24.3 Å². The van der Waals surface area contributed by atoms with E-state index in [2.05, 4.69) is 0 Å². The van der Waals surface area contributed by atoms with Crippen LogP contribution in [0.4, 0.5) is 0 Å². The summed E-state index contributed by atoms with van der Waals surface area (Å²) in [5.74, 6) is -7.15. The van der Waals surface area contributed by atoms with Gasteiger partial charge in [-0.15, -0.1) is 0 Å². The van der Waals surface area contributed by atoms with Gasteiger partial charge in [-0.3, -0.25) is 14.4 Å². The summed E-state index contributed by atoms with van der Waals surface area (Å²) < 4.78 is 5.17. The van der Waals surface area contributed by atoms with Crippen molar-refractivity contribution in [3.8, 4) is 5.75 Å². The van der Waals surface area contributed by atoms with Crippen LogP contribution in [0.2, 0.25) is 0 Å². The van der Waals surface area contributed by atoms with Crippen LogP contribution in [0.25, 0.3) is 0 Å². The number of aliphatic carboxylic acids is 3. The summed E-state index contributed by atoms with van der Waals surface area (Å²) >= 11 is 0. The third-order valence-electron chi connectivity index (χ3n) is 3.17. The van der Waals surface area contributed by atoms with Crippen LogP contribution in [0.1, 0.15) is 23.2 Å². The largest absolute Gasteiger partial charge is 0.493 e. The molecule has 0 amide bonds. The van der Waals surface area contributed by atoms with E-state index in [1.54, 1.807) is 0 Å². The molecular formula is C14H14O9. The molecule has 1 rings (SSSR count). The number of hydrogen-bond donors (Lipinski definition) is 4. The molecule has 4 N–H and O–H groups in total. The number of carboxylic acids is 4. The van der Waals surface area contributed by atoms with Crippen molar-refractivity contribution in [2.24, 2.45) is 5.41 Å². The zero-order valence-corrected chi connectivity index (χ0v) is 11.8. The average Bonchev–Trinajstić information content (AvgIpc) is 2.46. The zero-order valence-electron chi connectivity index (χ0n) is 11.8. The first-order chi connectivity index (χ1) is 10.7. The number of hydrogen-bond acceptors (Lipinski definition) is 5. The maximum Gasteiger partial charge on any atom is 0.339 e. The fraction of sp³-hybridized carbons (Fsp3) is 0.286. The van der Waals surface area contributed by atoms with Crippen LogP contribution in [0.15, 0.2) is 24.3 Å². The molecule has 1 aromatic rings. The Kier molecular flexibility index (Phi) is 5.66. The van der Waals surface area contributed by atoms with Gasteiger partial charge in [-0.2, -0.15) is 0 Å². The third-order valence-corrected chi connectivity index (χ3v) is 3.17. The van der Waals surface area contributed by atoms with Gasteiger partial charge in [0.2, 0.25) is 0 Å². The van der Waals surface area contributed by atoms with Gasteiger partial charge in [-0.25, -0.2) is 4.79 Å². The first kappa shape index (κ1) is 18.0. The highest BCUT2D eigenvalue weighted by atomic mass is 16.5. The van der Waals surface area contributed by atoms with E-state index in [-0.39, 0.29) is 24.3 Å². The van der Waals surface area contributed by atoms with Gasteiger partial charge < -0.3 is 25.2 Å². The molecule has 23 heavy (non-hydrogen) atoms. The van der Waals surface area contributed by atoms with E-state index in [1.807, 2.05) is 0 Å². The van der Waals surface area contributed by atoms with Gasteiger partial charge in [-0.05, 0) is 25.0 Å². The van der Waals surface area contributed by atoms with Crippen molar-refractivity contribution in [3.05, 3.63) is 29.8 Å². The van der Waals surface area contributed by atoms with Gasteiger partial charge in [-0.1, -0.05) is 12.1 Å². The molecule has 0 radical (unpaired) electrons. The van der Waals surface area contributed by atoms with E-state index < -0.39 is 35.7 Å². The summed E-state index contributed by atoms with van der Waals surface area (Å²) in [6.45, 7) is -0.236. The van der Waals surface area contributed by atoms with E-state index in [9.17, 15) is 19.2 Å². The van der Waals surface area contributed by atoms with Crippen molar-refractivity contribution >= 4 is 23.9 Å². The highest BCUT2D eigenvalue weighted by molar-refractivity contribution is 6.16. The van der Waals surface area contributed by atoms with Crippen LogP contribution < -0.4 is 4.74 Å². The quantitative estimate of drug-likeness (QED) is 0.380. The van der Waals surface area contributed by atoms with Crippen molar-refractivity contribution in [2.45, 2.75) is 12.8 Å². The number of carbonyl (C=O) groups is 4. The van der Waals surface area contributed by atoms with Gasteiger partial charge in [0.1, 0.15) is 11.3 Å². The van der Waals surface area contributed by atoms with E-state index in [4.69, 9.17) is 25.2 Å². The Balaban J connectivity index is 2.76. The molecule has 1 aromatic carbocycles. The molecule has 0 bridgehead atoms. The average molecular weight is 326 g/mol. The standard InChI is InChI=1S/C14H14O9/c15-10(16)8-4-1-2-5-9(8)23-7-3-6-14(11(17)18,12(19)20)13(21)22/h1-2,4-5H,3,6-7H2,(H,15,16)(H,17,18)(H,19,20)(H,21,22). The molecule has 0 unspecified atom stereocenters. The predicted molar refractivity (Wildman–Crippen MR) is 73.5 cm³/mol. The second-order valence-corrected chi connectivity index (χ2v) is 4.57. The van der Waals surface area contributed by atoms with Gasteiger partial charge in [0.05, 0.1) is 6.61 Å². The fourth-order valence-electron chi connectivity index (χ4n) is 1.88. The predicted octanol–water partition coefficient (Wildman–Crippen LogP) is 0.784. The lowest BCUT2D eigenvalue weighted by Crippen LogP contribution is -2.46. The van der Waals surface area contributed by atoms with Crippen LogP contribution in [0.3, 0.4) is 0 Å². The number of aromatic carboxylic acids is 1. The Hall–Kier alpha value is -3.10. The lowest BCUT2D eigenvalue weighted by Gasteiger charge is -2.19. The summed E-state index contributed by atoms with van der Waals surface area (Å²) in [7, 11) is 0. The molecular weight excluding hydrogens is 312 g/mol.